The molecule has 3 aromatic rings. The lowest BCUT2D eigenvalue weighted by Gasteiger charge is -2.18. The molecule has 0 spiro atoms. The first-order valence-corrected chi connectivity index (χ1v) is 9.89. The quantitative estimate of drug-likeness (QED) is 0.493. The second-order valence-electron chi connectivity index (χ2n) is 7.88. The summed E-state index contributed by atoms with van der Waals surface area (Å²) in [6.07, 6.45) is -0.166. The van der Waals surface area contributed by atoms with Gasteiger partial charge in [0.2, 0.25) is 17.7 Å². The number of primary amides is 1. The number of carbonyl (C=O) groups is 2. The van der Waals surface area contributed by atoms with Crippen LogP contribution in [0.1, 0.15) is 31.9 Å². The van der Waals surface area contributed by atoms with Crippen LogP contribution in [0.25, 0.3) is 11.5 Å². The van der Waals surface area contributed by atoms with E-state index in [2.05, 4.69) is 20.4 Å². The molecule has 0 saturated carbocycles. The van der Waals surface area contributed by atoms with E-state index in [9.17, 15) is 14.0 Å². The van der Waals surface area contributed by atoms with Crippen LogP contribution in [0.2, 0.25) is 0 Å². The van der Waals surface area contributed by atoms with Gasteiger partial charge in [-0.3, -0.25) is 9.59 Å². The van der Waals surface area contributed by atoms with Crippen molar-refractivity contribution in [3.63, 3.8) is 0 Å². The Kier molecular flexibility index (Phi) is 5.03. The van der Waals surface area contributed by atoms with Gasteiger partial charge in [-0.25, -0.2) is 19.0 Å². The second kappa shape index (κ2) is 7.59. The number of nitrogens with zero attached hydrogens (tertiary/aromatic N) is 4. The van der Waals surface area contributed by atoms with Crippen LogP contribution in [0.4, 0.5) is 16.0 Å². The first-order valence-electron chi connectivity index (χ1n) is 9.89. The monoisotopic (exact) mass is 439 g/mol. The van der Waals surface area contributed by atoms with Crippen molar-refractivity contribution < 1.29 is 18.7 Å². The average Bonchev–Trinajstić information content (AvgIpc) is 3.22. The van der Waals surface area contributed by atoms with E-state index in [1.807, 2.05) is 13.8 Å². The molecule has 10 nitrogen and oxygen atoms in total. The van der Waals surface area contributed by atoms with Gasteiger partial charge in [0.1, 0.15) is 23.1 Å². The molecule has 5 N–H and O–H groups in total. The van der Waals surface area contributed by atoms with E-state index in [0.29, 0.717) is 17.1 Å². The highest BCUT2D eigenvalue weighted by Crippen LogP contribution is 2.40. The summed E-state index contributed by atoms with van der Waals surface area (Å²) in [4.78, 5) is 32.9. The predicted octanol–water partition coefficient (Wildman–Crippen LogP) is 1.59. The first kappa shape index (κ1) is 21.2. The minimum Gasteiger partial charge on any atom is -0.475 e. The van der Waals surface area contributed by atoms with Gasteiger partial charge >= 0.3 is 0 Å². The van der Waals surface area contributed by atoms with E-state index >= 15 is 0 Å². The van der Waals surface area contributed by atoms with Crippen LogP contribution in [0.3, 0.4) is 0 Å². The standard InChI is InChI=1S/C21H22FN7O3/c1-10(2)32-14-8-13(28-29(14)9-11-6-4-5-7-12(11)22)17-25-16(23)15-18(26-17)27-20(31)21(15,3)19(24)30/h4-8,10H,9H2,1-3H3,(H2,24,30)(H3,23,25,26,27,31). The maximum Gasteiger partial charge on any atom is 0.245 e. The fourth-order valence-corrected chi connectivity index (χ4v) is 3.50. The zero-order valence-electron chi connectivity index (χ0n) is 17.7. The highest BCUT2D eigenvalue weighted by atomic mass is 19.1. The Morgan fingerprint density at radius 2 is 2.03 bits per heavy atom. The normalized spacial score (nSPS) is 17.3. The van der Waals surface area contributed by atoms with E-state index in [4.69, 9.17) is 16.2 Å². The van der Waals surface area contributed by atoms with Crippen molar-refractivity contribution in [3.8, 4) is 17.4 Å². The number of nitrogens with one attached hydrogen (secondary N) is 1. The zero-order chi connectivity index (χ0) is 23.2. The van der Waals surface area contributed by atoms with Gasteiger partial charge in [-0.1, -0.05) is 18.2 Å². The summed E-state index contributed by atoms with van der Waals surface area (Å²) in [5.41, 5.74) is 10.7. The molecule has 166 valence electrons. The Morgan fingerprint density at radius 1 is 1.31 bits per heavy atom. The number of carbonyl (C=O) groups excluding carboxylic acids is 2. The van der Waals surface area contributed by atoms with Gasteiger partial charge in [-0.2, -0.15) is 5.10 Å². The fraction of sp³-hybridized carbons (Fsp3) is 0.286. The third-order valence-corrected chi connectivity index (χ3v) is 5.22. The summed E-state index contributed by atoms with van der Waals surface area (Å²) in [5.74, 6) is -1.35. The maximum atomic E-state index is 14.2. The van der Waals surface area contributed by atoms with E-state index in [0.717, 1.165) is 0 Å². The molecule has 3 heterocycles. The van der Waals surface area contributed by atoms with Gasteiger partial charge in [0.15, 0.2) is 11.2 Å². The van der Waals surface area contributed by atoms with Crippen LogP contribution in [-0.2, 0) is 21.5 Å². The average molecular weight is 439 g/mol. The largest absolute Gasteiger partial charge is 0.475 e. The Labute approximate surface area is 182 Å². The number of rotatable bonds is 6. The molecular weight excluding hydrogens is 417 g/mol. The summed E-state index contributed by atoms with van der Waals surface area (Å²) in [7, 11) is 0. The molecule has 1 unspecified atom stereocenters. The smallest absolute Gasteiger partial charge is 0.245 e. The molecule has 0 radical (unpaired) electrons. The first-order chi connectivity index (χ1) is 15.1. The highest BCUT2D eigenvalue weighted by molar-refractivity contribution is 6.20. The highest BCUT2D eigenvalue weighted by Gasteiger charge is 2.51. The van der Waals surface area contributed by atoms with Crippen LogP contribution in [0, 0.1) is 5.82 Å². The van der Waals surface area contributed by atoms with Crippen LogP contribution < -0.4 is 21.5 Å². The number of hydrogen-bond acceptors (Lipinski definition) is 7. The van der Waals surface area contributed by atoms with Crippen LogP contribution in [-0.4, -0.2) is 37.7 Å². The van der Waals surface area contributed by atoms with Gasteiger partial charge in [0, 0.05) is 11.6 Å². The lowest BCUT2D eigenvalue weighted by Crippen LogP contribution is -2.44. The summed E-state index contributed by atoms with van der Waals surface area (Å²) in [5, 5.41) is 7.00. The predicted molar refractivity (Wildman–Crippen MR) is 114 cm³/mol. The molecule has 32 heavy (non-hydrogen) atoms. The van der Waals surface area contributed by atoms with Crippen molar-refractivity contribution >= 4 is 23.5 Å². The van der Waals surface area contributed by atoms with Crippen molar-refractivity contribution in [3.05, 3.63) is 47.3 Å². The fourth-order valence-electron chi connectivity index (χ4n) is 3.50. The second-order valence-corrected chi connectivity index (χ2v) is 7.88. The maximum absolute atomic E-state index is 14.2. The van der Waals surface area contributed by atoms with Gasteiger partial charge in [0.05, 0.1) is 18.2 Å². The molecule has 1 aliphatic heterocycles. The number of benzene rings is 1. The summed E-state index contributed by atoms with van der Waals surface area (Å²) < 4.78 is 21.5. The van der Waals surface area contributed by atoms with Crippen LogP contribution in [0.5, 0.6) is 5.88 Å². The number of hydrogen-bond donors (Lipinski definition) is 3. The molecule has 0 bridgehead atoms. The molecule has 0 saturated heterocycles. The molecule has 1 atom stereocenters. The van der Waals surface area contributed by atoms with Crippen molar-refractivity contribution in [1.29, 1.82) is 0 Å². The zero-order valence-corrected chi connectivity index (χ0v) is 17.7. The lowest BCUT2D eigenvalue weighted by atomic mass is 9.84. The third-order valence-electron chi connectivity index (χ3n) is 5.22. The number of nitrogens with two attached hydrogens (primary N) is 2. The SMILES string of the molecule is CC(C)Oc1cc(-c2nc(N)c3c(n2)NC(=O)C3(C)C(N)=O)nn1Cc1ccccc1F. The summed E-state index contributed by atoms with van der Waals surface area (Å²) >= 11 is 0. The minimum absolute atomic E-state index is 0.0698. The van der Waals surface area contributed by atoms with Crippen molar-refractivity contribution in [2.75, 3.05) is 11.1 Å². The van der Waals surface area contributed by atoms with E-state index < -0.39 is 17.2 Å². The minimum atomic E-state index is -1.67. The van der Waals surface area contributed by atoms with E-state index in [1.54, 1.807) is 24.3 Å². The van der Waals surface area contributed by atoms with Crippen molar-refractivity contribution in [2.24, 2.45) is 5.73 Å². The summed E-state index contributed by atoms with van der Waals surface area (Å²) in [6, 6.07) is 7.96. The summed E-state index contributed by atoms with van der Waals surface area (Å²) in [6.45, 7) is 5.19. The number of aromatic nitrogens is 4. The van der Waals surface area contributed by atoms with Crippen LogP contribution in [0.15, 0.2) is 30.3 Å². The van der Waals surface area contributed by atoms with Gasteiger partial charge in [-0.15, -0.1) is 0 Å². The number of halogens is 1. The number of nitrogen functional groups attached to an aromatic ring is 1. The van der Waals surface area contributed by atoms with E-state index in [1.165, 1.54) is 17.7 Å². The molecule has 1 aliphatic rings. The molecule has 1 aromatic carbocycles. The molecule has 11 heteroatoms. The van der Waals surface area contributed by atoms with Gasteiger partial charge in [-0.05, 0) is 26.8 Å². The van der Waals surface area contributed by atoms with Gasteiger partial charge in [0.25, 0.3) is 0 Å². The molecule has 4 rings (SSSR count). The van der Waals surface area contributed by atoms with Crippen molar-refractivity contribution in [1.82, 2.24) is 19.7 Å². The molecule has 2 aromatic heterocycles. The number of anilines is 2. The van der Waals surface area contributed by atoms with Crippen molar-refractivity contribution in [2.45, 2.75) is 38.8 Å². The Bertz CT molecular complexity index is 1240. The Hall–Kier alpha value is -4.02. The van der Waals surface area contributed by atoms with Gasteiger partial charge < -0.3 is 21.5 Å². The van der Waals surface area contributed by atoms with E-state index in [-0.39, 0.29) is 41.5 Å². The number of fused-ring (bicyclic) bond motifs is 1. The lowest BCUT2D eigenvalue weighted by molar-refractivity contribution is -0.131. The molecular formula is C21H22FN7O3. The Morgan fingerprint density at radius 3 is 2.69 bits per heavy atom. The number of ether oxygens (including phenoxy) is 1. The Balaban J connectivity index is 1.78. The third kappa shape index (κ3) is 3.41. The molecule has 2 amide bonds. The topological polar surface area (TPSA) is 151 Å². The molecule has 0 fully saturated rings. The van der Waals surface area contributed by atoms with Crippen LogP contribution >= 0.6 is 0 Å². The molecule has 0 aliphatic carbocycles. The number of amides is 2.